The maximum absolute atomic E-state index is 13.6. The van der Waals surface area contributed by atoms with Crippen molar-refractivity contribution in [3.05, 3.63) is 71.3 Å². The Hall–Kier alpha value is -2.80. The third-order valence-electron chi connectivity index (χ3n) is 5.31. The molecule has 0 unspecified atom stereocenters. The Morgan fingerprint density at radius 2 is 1.48 bits per heavy atom. The molecule has 0 bridgehead atoms. The number of benzene rings is 2. The zero-order valence-corrected chi connectivity index (χ0v) is 18.2. The summed E-state index contributed by atoms with van der Waals surface area (Å²) >= 11 is 0. The molecule has 0 aromatic heterocycles. The second kappa shape index (κ2) is 9.14. The van der Waals surface area contributed by atoms with Crippen LogP contribution in [0.1, 0.15) is 44.9 Å². The second-order valence-electron chi connectivity index (χ2n) is 8.89. The summed E-state index contributed by atoms with van der Waals surface area (Å²) in [6.45, 7) is 7.83. The summed E-state index contributed by atoms with van der Waals surface area (Å²) in [6, 6.07) is 10.9. The van der Waals surface area contributed by atoms with Gasteiger partial charge in [0.05, 0.1) is 12.1 Å². The van der Waals surface area contributed by atoms with Crippen LogP contribution in [0.2, 0.25) is 0 Å². The van der Waals surface area contributed by atoms with Gasteiger partial charge in [-0.3, -0.25) is 4.90 Å². The summed E-state index contributed by atoms with van der Waals surface area (Å²) in [4.78, 5) is 28.3. The molecular weight excluding hydrogens is 402 g/mol. The molecule has 0 aliphatic carbocycles. The van der Waals surface area contributed by atoms with Crippen LogP contribution in [0.15, 0.2) is 48.5 Å². The van der Waals surface area contributed by atoms with Crippen molar-refractivity contribution in [2.75, 3.05) is 13.1 Å². The lowest BCUT2D eigenvalue weighted by molar-refractivity contribution is -0.116. The van der Waals surface area contributed by atoms with E-state index in [-0.39, 0.29) is 24.2 Å². The monoisotopic (exact) mass is 430 g/mol. The van der Waals surface area contributed by atoms with Crippen LogP contribution < -0.4 is 0 Å². The number of nitrogens with zero attached hydrogens (tertiary/aromatic N) is 2. The number of aldehydes is 1. The molecule has 0 N–H and O–H groups in total. The van der Waals surface area contributed by atoms with E-state index in [4.69, 9.17) is 4.74 Å². The Morgan fingerprint density at radius 1 is 1.00 bits per heavy atom. The Labute approximate surface area is 181 Å². The Balaban J connectivity index is 1.95. The molecule has 5 nitrogen and oxygen atoms in total. The first-order valence-electron chi connectivity index (χ1n) is 10.3. The average Bonchev–Trinajstić information content (AvgIpc) is 2.70. The summed E-state index contributed by atoms with van der Waals surface area (Å²) in [7, 11) is 0. The summed E-state index contributed by atoms with van der Waals surface area (Å²) in [5.74, 6) is -0.728. The number of ether oxygens (including phenoxy) is 1. The molecule has 2 aromatic carbocycles. The zero-order chi connectivity index (χ0) is 22.8. The van der Waals surface area contributed by atoms with E-state index in [0.717, 1.165) is 17.4 Å². The van der Waals surface area contributed by atoms with Crippen LogP contribution in [0.25, 0.3) is 0 Å². The molecule has 31 heavy (non-hydrogen) atoms. The smallest absolute Gasteiger partial charge is 0.410 e. The van der Waals surface area contributed by atoms with Gasteiger partial charge in [-0.1, -0.05) is 24.3 Å². The third kappa shape index (κ3) is 5.47. The van der Waals surface area contributed by atoms with Gasteiger partial charge in [0, 0.05) is 19.1 Å². The molecule has 2 aromatic rings. The largest absolute Gasteiger partial charge is 0.444 e. The first-order valence-corrected chi connectivity index (χ1v) is 10.3. The van der Waals surface area contributed by atoms with E-state index in [1.165, 1.54) is 24.3 Å². The number of rotatable bonds is 4. The summed E-state index contributed by atoms with van der Waals surface area (Å²) in [5.41, 5.74) is 0.908. The molecule has 0 spiro atoms. The predicted octanol–water partition coefficient (Wildman–Crippen LogP) is 4.56. The standard InChI is InChI=1S/C24H28F2N2O3/c1-16-13-28(21(15-29)14-27(16)23(30)31-24(2,3)4)22(17-5-9-19(25)10-6-17)18-7-11-20(26)12-8-18/h5-12,15-16,21-22H,13-14H2,1-4H3/t16-,21-/m0/s1. The van der Waals surface area contributed by atoms with Crippen molar-refractivity contribution in [1.82, 2.24) is 9.80 Å². The minimum absolute atomic E-state index is 0.165. The van der Waals surface area contributed by atoms with Gasteiger partial charge < -0.3 is 14.4 Å². The van der Waals surface area contributed by atoms with Gasteiger partial charge in [0.15, 0.2) is 0 Å². The van der Waals surface area contributed by atoms with Gasteiger partial charge in [0.1, 0.15) is 23.5 Å². The molecule has 3 rings (SSSR count). The van der Waals surface area contributed by atoms with Crippen molar-refractivity contribution in [2.24, 2.45) is 0 Å². The highest BCUT2D eigenvalue weighted by molar-refractivity contribution is 5.70. The van der Waals surface area contributed by atoms with Gasteiger partial charge in [0.25, 0.3) is 0 Å². The number of hydrogen-bond acceptors (Lipinski definition) is 4. The quantitative estimate of drug-likeness (QED) is 0.667. The summed E-state index contributed by atoms with van der Waals surface area (Å²) in [5, 5.41) is 0. The van der Waals surface area contributed by atoms with E-state index < -0.39 is 23.8 Å². The normalized spacial score (nSPS) is 20.0. The maximum Gasteiger partial charge on any atom is 0.410 e. The zero-order valence-electron chi connectivity index (χ0n) is 18.2. The molecular formula is C24H28F2N2O3. The fourth-order valence-electron chi connectivity index (χ4n) is 3.88. The van der Waals surface area contributed by atoms with E-state index in [1.807, 2.05) is 11.8 Å². The molecule has 1 aliphatic heterocycles. The molecule has 1 heterocycles. The molecule has 0 radical (unpaired) electrons. The lowest BCUT2D eigenvalue weighted by atomic mass is 9.93. The van der Waals surface area contributed by atoms with E-state index in [2.05, 4.69) is 0 Å². The van der Waals surface area contributed by atoms with Crippen molar-refractivity contribution in [2.45, 2.75) is 51.4 Å². The minimum Gasteiger partial charge on any atom is -0.444 e. The lowest BCUT2D eigenvalue weighted by Gasteiger charge is -2.46. The van der Waals surface area contributed by atoms with Crippen LogP contribution in [0.5, 0.6) is 0 Å². The van der Waals surface area contributed by atoms with Crippen LogP contribution in [-0.2, 0) is 9.53 Å². The highest BCUT2D eigenvalue weighted by Gasteiger charge is 2.40. The summed E-state index contributed by atoms with van der Waals surface area (Å²) < 4.78 is 32.6. The Bertz CT molecular complexity index is 864. The summed E-state index contributed by atoms with van der Waals surface area (Å²) in [6.07, 6.45) is 0.343. The molecule has 1 fully saturated rings. The van der Waals surface area contributed by atoms with Crippen molar-refractivity contribution < 1.29 is 23.1 Å². The molecule has 2 atom stereocenters. The van der Waals surface area contributed by atoms with Gasteiger partial charge in [0.2, 0.25) is 0 Å². The molecule has 1 amide bonds. The van der Waals surface area contributed by atoms with E-state index >= 15 is 0 Å². The maximum atomic E-state index is 13.6. The molecule has 1 saturated heterocycles. The van der Waals surface area contributed by atoms with Crippen LogP contribution in [-0.4, -0.2) is 53.0 Å². The molecule has 1 aliphatic rings. The van der Waals surface area contributed by atoms with Crippen LogP contribution >= 0.6 is 0 Å². The van der Waals surface area contributed by atoms with Crippen molar-refractivity contribution in [3.63, 3.8) is 0 Å². The number of carbonyl (C=O) groups excluding carboxylic acids is 2. The number of hydrogen-bond donors (Lipinski definition) is 0. The van der Waals surface area contributed by atoms with Crippen molar-refractivity contribution in [3.8, 4) is 0 Å². The number of carbonyl (C=O) groups is 2. The van der Waals surface area contributed by atoms with Crippen LogP contribution in [0, 0.1) is 11.6 Å². The fraction of sp³-hybridized carbons (Fsp3) is 0.417. The SMILES string of the molecule is C[C@H]1CN(C(c2ccc(F)cc2)c2ccc(F)cc2)[C@H](C=O)CN1C(=O)OC(C)(C)C. The first-order chi connectivity index (χ1) is 14.6. The predicted molar refractivity (Wildman–Crippen MR) is 114 cm³/mol. The second-order valence-corrected chi connectivity index (χ2v) is 8.89. The van der Waals surface area contributed by atoms with Gasteiger partial charge in [-0.05, 0) is 63.1 Å². The fourth-order valence-corrected chi connectivity index (χ4v) is 3.88. The number of halogens is 2. The highest BCUT2D eigenvalue weighted by Crippen LogP contribution is 2.33. The number of amides is 1. The molecule has 0 saturated carbocycles. The van der Waals surface area contributed by atoms with E-state index in [0.29, 0.717) is 6.54 Å². The lowest BCUT2D eigenvalue weighted by Crippen LogP contribution is -2.60. The Kier molecular flexibility index (Phi) is 6.74. The average molecular weight is 430 g/mol. The number of piperazine rings is 1. The minimum atomic E-state index is -0.643. The van der Waals surface area contributed by atoms with E-state index in [1.54, 1.807) is 49.9 Å². The third-order valence-corrected chi connectivity index (χ3v) is 5.31. The van der Waals surface area contributed by atoms with Gasteiger partial charge >= 0.3 is 6.09 Å². The van der Waals surface area contributed by atoms with Gasteiger partial charge in [-0.25, -0.2) is 13.6 Å². The van der Waals surface area contributed by atoms with Crippen LogP contribution in [0.3, 0.4) is 0 Å². The van der Waals surface area contributed by atoms with Crippen molar-refractivity contribution in [1.29, 1.82) is 0 Å². The highest BCUT2D eigenvalue weighted by atomic mass is 19.1. The Morgan fingerprint density at radius 3 is 1.90 bits per heavy atom. The topological polar surface area (TPSA) is 49.9 Å². The molecule has 7 heteroatoms. The van der Waals surface area contributed by atoms with E-state index in [9.17, 15) is 18.4 Å². The van der Waals surface area contributed by atoms with Gasteiger partial charge in [-0.15, -0.1) is 0 Å². The molecule has 166 valence electrons. The van der Waals surface area contributed by atoms with Crippen LogP contribution in [0.4, 0.5) is 13.6 Å². The van der Waals surface area contributed by atoms with Gasteiger partial charge in [-0.2, -0.15) is 0 Å². The first kappa shape index (κ1) is 22.9. The van der Waals surface area contributed by atoms with Crippen molar-refractivity contribution >= 4 is 12.4 Å².